The molecule has 0 aliphatic heterocycles. The normalized spacial score (nSPS) is 13.3. The number of nitrogens with zero attached hydrogens (tertiary/aromatic N) is 1. The van der Waals surface area contributed by atoms with E-state index in [2.05, 4.69) is 98.1 Å². The Morgan fingerprint density at radius 1 is 0.615 bits per heavy atom. The van der Waals surface area contributed by atoms with Gasteiger partial charge in [-0.2, -0.15) is 0 Å². The minimum absolute atomic E-state index is 0.00583. The van der Waals surface area contributed by atoms with Crippen LogP contribution in [0.5, 0.6) is 0 Å². The molecule has 4 N–H and O–H groups in total. The molecule has 4 amide bonds. The number of hydrogen-bond donors (Lipinski definition) is 4. The first kappa shape index (κ1) is 91.3. The highest BCUT2D eigenvalue weighted by molar-refractivity contribution is 8.13. The Morgan fingerprint density at radius 3 is 1.51 bits per heavy atom. The summed E-state index contributed by atoms with van der Waals surface area (Å²) < 4.78 is 33.4. The van der Waals surface area contributed by atoms with Crippen molar-refractivity contribution >= 4 is 109 Å². The van der Waals surface area contributed by atoms with Crippen LogP contribution in [0.2, 0.25) is 51.4 Å². The van der Waals surface area contributed by atoms with Crippen LogP contribution in [0, 0.1) is 11.8 Å². The maximum atomic E-state index is 13.5. The SMILES string of the molecule is C=C(NC(=O)c1csc(CNC(=O)OC(C)(C)C)n1)C(=O)N[C@H](C(=O)O[C@H](/C=C/CCSC(=O)CCCCCCC)CC(=O)OCC[Si](C)(C)C)C(C)C.CCCCCCCC(=O)SCC/C=C/[C@H](CC(=O)OCC[Si](C)(C)C)OC(=O)[C@@H](NC(=O)OCC1c2ccccc2-c2ccccc21)C(C)C. The number of unbranched alkanes of at least 4 members (excludes halogenated alkanes) is 8. The number of nitrogens with one attached hydrogen (secondary N) is 4. The van der Waals surface area contributed by atoms with Gasteiger partial charge in [0.15, 0.2) is 10.2 Å². The van der Waals surface area contributed by atoms with Gasteiger partial charge >= 0.3 is 36.1 Å². The van der Waals surface area contributed by atoms with Crippen molar-refractivity contribution in [1.29, 1.82) is 0 Å². The summed E-state index contributed by atoms with van der Waals surface area (Å²) in [5.41, 5.74) is 3.46. The Balaban J connectivity index is 0.000000541. The second-order valence-electron chi connectivity index (χ2n) is 29.9. The van der Waals surface area contributed by atoms with Crippen molar-refractivity contribution in [3.05, 3.63) is 112 Å². The molecular formula is C78H119N5O16S3Si2. The molecule has 0 saturated carbocycles. The number of carbonyl (C=O) groups excluding carboxylic acids is 10. The molecule has 4 atom stereocenters. The van der Waals surface area contributed by atoms with E-state index in [9.17, 15) is 47.9 Å². The lowest BCUT2D eigenvalue weighted by molar-refractivity contribution is -0.157. The number of rotatable bonds is 45. The number of thioether (sulfide) groups is 2. The minimum Gasteiger partial charge on any atom is -0.466 e. The maximum absolute atomic E-state index is 13.5. The molecule has 104 heavy (non-hydrogen) atoms. The van der Waals surface area contributed by atoms with Crippen molar-refractivity contribution in [3.63, 3.8) is 0 Å². The Hall–Kier alpha value is -6.88. The van der Waals surface area contributed by atoms with Gasteiger partial charge in [-0.25, -0.2) is 24.2 Å². The van der Waals surface area contributed by atoms with E-state index in [1.807, 2.05) is 56.3 Å². The monoisotopic (exact) mass is 1530 g/mol. The molecule has 3 aromatic rings. The van der Waals surface area contributed by atoms with Gasteiger partial charge in [-0.1, -0.05) is 223 Å². The zero-order valence-electron chi connectivity index (χ0n) is 64.4. The zero-order chi connectivity index (χ0) is 77.4. The first-order valence-electron chi connectivity index (χ1n) is 36.8. The molecule has 4 rings (SSSR count). The van der Waals surface area contributed by atoms with Crippen LogP contribution in [0.4, 0.5) is 9.59 Å². The number of ether oxygens (including phenoxy) is 6. The van der Waals surface area contributed by atoms with E-state index in [1.165, 1.54) is 48.2 Å². The molecule has 1 aromatic heterocycles. The fourth-order valence-electron chi connectivity index (χ4n) is 10.2. The lowest BCUT2D eigenvalue weighted by atomic mass is 9.98. The molecule has 1 aliphatic carbocycles. The van der Waals surface area contributed by atoms with Gasteiger partial charge in [0.1, 0.15) is 47.2 Å². The third kappa shape index (κ3) is 38.9. The fourth-order valence-corrected chi connectivity index (χ4v) is 13.9. The Kier molecular flexibility index (Phi) is 42.5. The molecule has 0 fully saturated rings. The molecule has 21 nitrogen and oxygen atoms in total. The van der Waals surface area contributed by atoms with E-state index in [0.717, 1.165) is 90.6 Å². The number of allylic oxidation sites excluding steroid dienone is 2. The molecule has 1 aliphatic rings. The first-order valence-corrected chi connectivity index (χ1v) is 47.1. The van der Waals surface area contributed by atoms with E-state index in [-0.39, 0.29) is 66.1 Å². The van der Waals surface area contributed by atoms with Gasteiger partial charge in [0.2, 0.25) is 0 Å². The van der Waals surface area contributed by atoms with Crippen molar-refractivity contribution in [3.8, 4) is 11.1 Å². The summed E-state index contributed by atoms with van der Waals surface area (Å²) in [6, 6.07) is 15.7. The van der Waals surface area contributed by atoms with Crippen LogP contribution in [-0.2, 0) is 68.5 Å². The van der Waals surface area contributed by atoms with Crippen molar-refractivity contribution in [2.75, 3.05) is 31.3 Å². The molecule has 26 heteroatoms. The van der Waals surface area contributed by atoms with Gasteiger partial charge in [-0.15, -0.1) is 11.3 Å². The third-order valence-corrected chi connectivity index (χ3v) is 22.3. The van der Waals surface area contributed by atoms with Gasteiger partial charge in [0.05, 0.1) is 38.3 Å². The number of carbonyl (C=O) groups is 10. The largest absolute Gasteiger partial charge is 0.466 e. The summed E-state index contributed by atoms with van der Waals surface area (Å²) in [5, 5.41) is 12.5. The summed E-state index contributed by atoms with van der Waals surface area (Å²) in [6.45, 7) is 34.1. The smallest absolute Gasteiger partial charge is 0.408 e. The molecule has 0 saturated heterocycles. The first-order chi connectivity index (χ1) is 49.1. The second-order valence-corrected chi connectivity index (χ2v) is 44.4. The highest BCUT2D eigenvalue weighted by Gasteiger charge is 2.34. The number of hydrogen-bond acceptors (Lipinski definition) is 20. The highest BCUT2D eigenvalue weighted by atomic mass is 32.2. The summed E-state index contributed by atoms with van der Waals surface area (Å²) in [6.07, 6.45) is 16.5. The average molecular weight is 1540 g/mol. The fraction of sp³-hybridized carbons (Fsp3) is 0.603. The molecule has 2 aromatic carbocycles. The van der Waals surface area contributed by atoms with Crippen LogP contribution in [-0.4, -0.2) is 140 Å². The zero-order valence-corrected chi connectivity index (χ0v) is 68.9. The number of aromatic nitrogens is 1. The van der Waals surface area contributed by atoms with Crippen LogP contribution < -0.4 is 21.3 Å². The molecule has 0 bridgehead atoms. The summed E-state index contributed by atoms with van der Waals surface area (Å²) in [4.78, 5) is 132. The Labute approximate surface area is 633 Å². The summed E-state index contributed by atoms with van der Waals surface area (Å²) in [5.74, 6) is -3.63. The molecule has 578 valence electrons. The van der Waals surface area contributed by atoms with Gasteiger partial charge in [0, 0.05) is 51.8 Å². The molecule has 0 radical (unpaired) electrons. The lowest BCUT2D eigenvalue weighted by Crippen LogP contribution is -2.48. The van der Waals surface area contributed by atoms with Gasteiger partial charge in [0.25, 0.3) is 11.8 Å². The van der Waals surface area contributed by atoms with Crippen molar-refractivity contribution < 1.29 is 76.4 Å². The number of benzene rings is 2. The van der Waals surface area contributed by atoms with Gasteiger partial charge in [-0.05, 0) is 105 Å². The quantitative estimate of drug-likeness (QED) is 0.0102. The summed E-state index contributed by atoms with van der Waals surface area (Å²) >= 11 is 3.71. The Bertz CT molecular complexity index is 3250. The topological polar surface area (TPSA) is 287 Å². The van der Waals surface area contributed by atoms with Crippen molar-refractivity contribution in [2.45, 2.75) is 259 Å². The van der Waals surface area contributed by atoms with E-state index in [4.69, 9.17) is 28.4 Å². The number of esters is 4. The van der Waals surface area contributed by atoms with Crippen molar-refractivity contribution in [1.82, 2.24) is 26.3 Å². The maximum Gasteiger partial charge on any atom is 0.408 e. The number of alkyl carbamates (subject to hydrolysis) is 2. The van der Waals surface area contributed by atoms with Gasteiger partial charge in [-0.3, -0.25) is 28.8 Å². The highest BCUT2D eigenvalue weighted by Crippen LogP contribution is 2.44. The van der Waals surface area contributed by atoms with Crippen LogP contribution in [0.15, 0.2) is 90.5 Å². The van der Waals surface area contributed by atoms with Gasteiger partial charge < -0.3 is 49.7 Å². The molecule has 0 spiro atoms. The number of amides is 4. The second kappa shape index (κ2) is 48.4. The minimum atomic E-state index is -1.44. The van der Waals surface area contributed by atoms with E-state index >= 15 is 0 Å². The van der Waals surface area contributed by atoms with Crippen LogP contribution in [0.25, 0.3) is 11.1 Å². The standard InChI is InChI=1S/C40H57NO7SSi.C38H62N4O9S2Si/c1-7-8-9-10-11-23-37(43)49-25-17-16-18-30(27-36(42)46-24-26-50(4,5)6)48-39(44)38(29(2)3)41-40(45)47-28-35-33-21-14-12-19-31(33)32-20-13-15-22-34(32)35;1-11-12-13-14-15-19-32(44)52-21-17-16-18-28(23-31(43)49-20-22-54(8,9)10)50-36(47)33(26(2)3)42-34(45)27(4)40-35(46)29-25-53-30(41-29)24-39-37(48)51-38(5,6)7/h12-16,18-22,29-30,35,38H,7-11,17,23-28H2,1-6H3,(H,41,45);16,18,25-26,28,33H,4,11-15,17,19-24H2,1-3,5-10H3,(H,39,48)(H,40,46)(H,42,45)/b2*18-16+/t30-,38+;28-,33+/m11/s1. The molecule has 0 unspecified atom stereocenters. The average Bonchev–Trinajstić information content (AvgIpc) is 1.62. The third-order valence-electron chi connectivity index (χ3n) is 16.1. The van der Waals surface area contributed by atoms with Crippen LogP contribution in [0.3, 0.4) is 0 Å². The number of fused-ring (bicyclic) bond motifs is 3. The lowest BCUT2D eigenvalue weighted by Gasteiger charge is -2.24. The van der Waals surface area contributed by atoms with Crippen LogP contribution >= 0.6 is 34.9 Å². The van der Waals surface area contributed by atoms with Crippen LogP contribution in [0.1, 0.15) is 198 Å². The molecule has 1 heterocycles. The predicted octanol–water partition coefficient (Wildman–Crippen LogP) is 16.6. The number of thiazole rings is 1. The van der Waals surface area contributed by atoms with Crippen molar-refractivity contribution in [2.24, 2.45) is 11.8 Å². The predicted molar refractivity (Wildman–Crippen MR) is 422 cm³/mol. The summed E-state index contributed by atoms with van der Waals surface area (Å²) in [7, 11) is -2.84. The van der Waals surface area contributed by atoms with E-state index in [0.29, 0.717) is 48.8 Å². The molecular weight excluding hydrogens is 1420 g/mol. The van der Waals surface area contributed by atoms with E-state index in [1.54, 1.807) is 52.8 Å². The van der Waals surface area contributed by atoms with E-state index < -0.39 is 99.8 Å². The Morgan fingerprint density at radius 2 is 1.07 bits per heavy atom.